The second-order valence-corrected chi connectivity index (χ2v) is 5.42. The number of benzene rings is 1. The van der Waals surface area contributed by atoms with Gasteiger partial charge in [-0.25, -0.2) is 4.79 Å². The average molecular weight is 259 g/mol. The molecule has 1 atom stereocenters. The van der Waals surface area contributed by atoms with Crippen LogP contribution in [0.3, 0.4) is 0 Å². The van der Waals surface area contributed by atoms with Crippen molar-refractivity contribution in [2.45, 2.75) is 19.3 Å². The lowest BCUT2D eigenvalue weighted by Gasteiger charge is -2.15. The molecule has 0 radical (unpaired) electrons. The summed E-state index contributed by atoms with van der Waals surface area (Å²) in [5.41, 5.74) is 0.798. The predicted octanol–water partition coefficient (Wildman–Crippen LogP) is 1.44. The highest BCUT2D eigenvalue weighted by Crippen LogP contribution is 2.39. The quantitative estimate of drug-likeness (QED) is 0.711. The van der Waals surface area contributed by atoms with Gasteiger partial charge in [0.2, 0.25) is 0 Å². The molecule has 1 rings (SSSR count). The van der Waals surface area contributed by atoms with Gasteiger partial charge in [0.15, 0.2) is 0 Å². The van der Waals surface area contributed by atoms with Gasteiger partial charge in [0.25, 0.3) is 0 Å². The molecule has 0 bridgehead atoms. The van der Waals surface area contributed by atoms with Crippen LogP contribution in [0.4, 0.5) is 4.79 Å². The van der Waals surface area contributed by atoms with Crippen LogP contribution in [0.5, 0.6) is 0 Å². The van der Waals surface area contributed by atoms with Crippen LogP contribution in [0.2, 0.25) is 0 Å². The molecule has 0 fully saturated rings. The number of carbonyl (C=O) groups excluding carboxylic acids is 1. The molecule has 0 spiro atoms. The van der Waals surface area contributed by atoms with Gasteiger partial charge in [-0.15, -0.1) is 0 Å². The lowest BCUT2D eigenvalue weighted by atomic mass is 10.2. The topological polar surface area (TPSA) is 95.9 Å². The number of rotatable bonds is 4. The summed E-state index contributed by atoms with van der Waals surface area (Å²) in [4.78, 5) is 28.7. The first-order valence-corrected chi connectivity index (χ1v) is 6.60. The van der Waals surface area contributed by atoms with E-state index in [0.29, 0.717) is 0 Å². The third-order valence-corrected chi connectivity index (χ3v) is 3.18. The maximum atomic E-state index is 11.2. The SMILES string of the molecule is C[C@@H](NC(=O)OCc1ccccc1)P(=O)(O)O. The minimum Gasteiger partial charge on any atom is -0.445 e. The lowest BCUT2D eigenvalue weighted by molar-refractivity contribution is 0.137. The van der Waals surface area contributed by atoms with E-state index in [1.165, 1.54) is 6.92 Å². The minimum absolute atomic E-state index is 0.0561. The molecule has 1 aromatic carbocycles. The highest BCUT2D eigenvalue weighted by atomic mass is 31.2. The third kappa shape index (κ3) is 4.99. The van der Waals surface area contributed by atoms with E-state index in [4.69, 9.17) is 14.5 Å². The van der Waals surface area contributed by atoms with Gasteiger partial charge < -0.3 is 19.8 Å². The van der Waals surface area contributed by atoms with Crippen LogP contribution in [-0.4, -0.2) is 21.7 Å². The van der Waals surface area contributed by atoms with Gasteiger partial charge in [-0.3, -0.25) is 4.57 Å². The van der Waals surface area contributed by atoms with Gasteiger partial charge >= 0.3 is 13.7 Å². The van der Waals surface area contributed by atoms with Crippen LogP contribution in [0.25, 0.3) is 0 Å². The molecular weight excluding hydrogens is 245 g/mol. The number of alkyl carbamates (subject to hydrolysis) is 1. The van der Waals surface area contributed by atoms with Crippen molar-refractivity contribution in [3.05, 3.63) is 35.9 Å². The first-order chi connectivity index (χ1) is 7.89. The first kappa shape index (κ1) is 13.7. The molecule has 94 valence electrons. The molecule has 0 aromatic heterocycles. The molecule has 1 amide bonds. The molecule has 0 saturated carbocycles. The Balaban J connectivity index is 2.39. The molecule has 0 aliphatic heterocycles. The zero-order valence-corrected chi connectivity index (χ0v) is 10.1. The Morgan fingerprint density at radius 2 is 2.00 bits per heavy atom. The maximum absolute atomic E-state index is 11.2. The standard InChI is InChI=1S/C10H14NO5P/c1-8(17(13,14)15)11-10(12)16-7-9-5-3-2-4-6-9/h2-6,8H,7H2,1H3,(H,11,12)(H2,13,14,15)/t8-/m0/s1. The van der Waals surface area contributed by atoms with E-state index in [1.54, 1.807) is 24.3 Å². The Kier molecular flexibility index (Phi) is 4.69. The van der Waals surface area contributed by atoms with E-state index < -0.39 is 19.5 Å². The van der Waals surface area contributed by atoms with Crippen LogP contribution < -0.4 is 5.32 Å². The fraction of sp³-hybridized carbons (Fsp3) is 0.300. The summed E-state index contributed by atoms with van der Waals surface area (Å²) < 4.78 is 15.6. The highest BCUT2D eigenvalue weighted by Gasteiger charge is 2.25. The Hall–Kier alpha value is -1.36. The van der Waals surface area contributed by atoms with E-state index in [0.717, 1.165) is 5.56 Å². The maximum Gasteiger partial charge on any atom is 0.408 e. The van der Waals surface area contributed by atoms with Crippen molar-refractivity contribution in [2.75, 3.05) is 0 Å². The van der Waals surface area contributed by atoms with Crippen molar-refractivity contribution < 1.29 is 23.9 Å². The summed E-state index contributed by atoms with van der Waals surface area (Å²) in [6.45, 7) is 1.27. The Morgan fingerprint density at radius 3 is 2.53 bits per heavy atom. The summed E-state index contributed by atoms with van der Waals surface area (Å²) in [6, 6.07) is 8.99. The van der Waals surface area contributed by atoms with Crippen molar-refractivity contribution in [3.8, 4) is 0 Å². The number of amides is 1. The molecule has 0 aliphatic carbocycles. The number of nitrogens with one attached hydrogen (secondary N) is 1. The first-order valence-electron chi connectivity index (χ1n) is 4.92. The highest BCUT2D eigenvalue weighted by molar-refractivity contribution is 7.52. The van der Waals surface area contributed by atoms with Crippen LogP contribution >= 0.6 is 7.60 Å². The minimum atomic E-state index is -4.32. The van der Waals surface area contributed by atoms with Gasteiger partial charge in [0, 0.05) is 0 Å². The molecule has 1 aromatic rings. The van der Waals surface area contributed by atoms with E-state index in [2.05, 4.69) is 5.32 Å². The molecule has 17 heavy (non-hydrogen) atoms. The zero-order valence-electron chi connectivity index (χ0n) is 9.24. The van der Waals surface area contributed by atoms with E-state index >= 15 is 0 Å². The van der Waals surface area contributed by atoms with Crippen LogP contribution in [-0.2, 0) is 15.9 Å². The molecule has 0 unspecified atom stereocenters. The van der Waals surface area contributed by atoms with Gasteiger partial charge in [-0.2, -0.15) is 0 Å². The fourth-order valence-corrected chi connectivity index (χ4v) is 1.29. The predicted molar refractivity (Wildman–Crippen MR) is 61.3 cm³/mol. The lowest BCUT2D eigenvalue weighted by Crippen LogP contribution is -2.32. The summed E-state index contributed by atoms with van der Waals surface area (Å²) >= 11 is 0. The molecule has 3 N–H and O–H groups in total. The molecule has 6 nitrogen and oxygen atoms in total. The zero-order chi connectivity index (χ0) is 12.9. The van der Waals surface area contributed by atoms with Crippen molar-refractivity contribution in [3.63, 3.8) is 0 Å². The molecule has 0 saturated heterocycles. The molecule has 0 heterocycles. The summed E-state index contributed by atoms with van der Waals surface area (Å²) in [7, 11) is -4.32. The number of hydrogen-bond donors (Lipinski definition) is 3. The van der Waals surface area contributed by atoms with Gasteiger partial charge in [0.05, 0.1) is 0 Å². The van der Waals surface area contributed by atoms with E-state index in [9.17, 15) is 9.36 Å². The molecule has 7 heteroatoms. The fourth-order valence-electron chi connectivity index (χ4n) is 1.02. The van der Waals surface area contributed by atoms with Crippen molar-refractivity contribution in [2.24, 2.45) is 0 Å². The smallest absolute Gasteiger partial charge is 0.408 e. The van der Waals surface area contributed by atoms with Gasteiger partial charge in [-0.1, -0.05) is 30.3 Å². The van der Waals surface area contributed by atoms with E-state index in [1.807, 2.05) is 6.07 Å². The normalized spacial score (nSPS) is 12.9. The van der Waals surface area contributed by atoms with Crippen molar-refractivity contribution >= 4 is 13.7 Å². The van der Waals surface area contributed by atoms with Crippen molar-refractivity contribution in [1.29, 1.82) is 0 Å². The molecular formula is C10H14NO5P. The average Bonchev–Trinajstić information content (AvgIpc) is 2.26. The summed E-state index contributed by atoms with van der Waals surface area (Å²) in [5, 5.41) is 2.07. The summed E-state index contributed by atoms with van der Waals surface area (Å²) in [5.74, 6) is -1.26. The largest absolute Gasteiger partial charge is 0.445 e. The number of hydrogen-bond acceptors (Lipinski definition) is 3. The van der Waals surface area contributed by atoms with Crippen molar-refractivity contribution in [1.82, 2.24) is 5.32 Å². The molecule has 0 aliphatic rings. The second kappa shape index (κ2) is 5.82. The number of carbonyl (C=O) groups is 1. The second-order valence-electron chi connectivity index (χ2n) is 3.47. The third-order valence-electron chi connectivity index (χ3n) is 2.04. The van der Waals surface area contributed by atoms with Crippen LogP contribution in [0.1, 0.15) is 12.5 Å². The van der Waals surface area contributed by atoms with Gasteiger partial charge in [0.1, 0.15) is 12.4 Å². The Bertz CT molecular complexity index is 416. The monoisotopic (exact) mass is 259 g/mol. The summed E-state index contributed by atoms with van der Waals surface area (Å²) in [6.07, 6.45) is -0.857. The number of ether oxygens (including phenoxy) is 1. The Morgan fingerprint density at radius 1 is 1.41 bits per heavy atom. The van der Waals surface area contributed by atoms with Crippen LogP contribution in [0, 0.1) is 0 Å². The van der Waals surface area contributed by atoms with Crippen LogP contribution in [0.15, 0.2) is 30.3 Å². The van der Waals surface area contributed by atoms with E-state index in [-0.39, 0.29) is 6.61 Å². The van der Waals surface area contributed by atoms with Gasteiger partial charge in [-0.05, 0) is 12.5 Å². The Labute approximate surface area is 98.8 Å².